The Balaban J connectivity index is 2.20. The highest BCUT2D eigenvalue weighted by Crippen LogP contribution is 2.24. The fourth-order valence-electron chi connectivity index (χ4n) is 1.45. The van der Waals surface area contributed by atoms with Crippen LogP contribution in [0.1, 0.15) is 11.4 Å². The van der Waals surface area contributed by atoms with Gasteiger partial charge in [-0.3, -0.25) is 5.10 Å². The molecule has 0 atom stereocenters. The summed E-state index contributed by atoms with van der Waals surface area (Å²) in [5.41, 5.74) is 3.34. The van der Waals surface area contributed by atoms with Crippen LogP contribution in [0, 0.1) is 13.8 Å². The number of azo groups is 1. The van der Waals surface area contributed by atoms with Gasteiger partial charge in [0.2, 0.25) is 0 Å². The number of aromatic nitrogens is 2. The molecule has 5 nitrogen and oxygen atoms in total. The Kier molecular flexibility index (Phi) is 3.18. The molecule has 1 aromatic heterocycles. The van der Waals surface area contributed by atoms with Gasteiger partial charge in [-0.25, -0.2) is 0 Å². The molecule has 0 unspecified atom stereocenters. The summed E-state index contributed by atoms with van der Waals surface area (Å²) in [6.07, 6.45) is 0. The molecule has 0 saturated heterocycles. The van der Waals surface area contributed by atoms with Crippen LogP contribution in [-0.4, -0.2) is 17.3 Å². The zero-order valence-electron chi connectivity index (χ0n) is 10.1. The van der Waals surface area contributed by atoms with Gasteiger partial charge in [0, 0.05) is 0 Å². The van der Waals surface area contributed by atoms with Gasteiger partial charge in [-0.15, -0.1) is 5.11 Å². The minimum atomic E-state index is 0.783. The summed E-state index contributed by atoms with van der Waals surface area (Å²) >= 11 is 0. The Morgan fingerprint density at radius 3 is 2.35 bits per heavy atom. The lowest BCUT2D eigenvalue weighted by atomic mass is 10.3. The van der Waals surface area contributed by atoms with Gasteiger partial charge in [-0.2, -0.15) is 10.2 Å². The normalized spacial score (nSPS) is 11.0. The number of aromatic amines is 1. The smallest absolute Gasteiger partial charge is 0.129 e. The maximum atomic E-state index is 5.07. The molecule has 0 aliphatic carbocycles. The SMILES string of the molecule is COc1ccc(/N=N/c2c(C)n[nH]c2C)cc1. The van der Waals surface area contributed by atoms with Crippen LogP contribution in [0.25, 0.3) is 0 Å². The van der Waals surface area contributed by atoms with Gasteiger partial charge in [-0.05, 0) is 38.1 Å². The van der Waals surface area contributed by atoms with Crippen molar-refractivity contribution in [1.29, 1.82) is 0 Å². The van der Waals surface area contributed by atoms with Gasteiger partial charge in [0.05, 0.1) is 24.2 Å². The fourth-order valence-corrected chi connectivity index (χ4v) is 1.45. The molecule has 1 N–H and O–H groups in total. The van der Waals surface area contributed by atoms with Crippen LogP contribution < -0.4 is 4.74 Å². The summed E-state index contributed by atoms with van der Waals surface area (Å²) < 4.78 is 5.07. The quantitative estimate of drug-likeness (QED) is 0.821. The average Bonchev–Trinajstić information content (AvgIpc) is 2.67. The monoisotopic (exact) mass is 230 g/mol. The Morgan fingerprint density at radius 1 is 1.12 bits per heavy atom. The van der Waals surface area contributed by atoms with Crippen molar-refractivity contribution in [3.8, 4) is 5.75 Å². The molecule has 2 rings (SSSR count). The fraction of sp³-hybridized carbons (Fsp3) is 0.250. The molecular formula is C12H14N4O. The number of ether oxygens (including phenoxy) is 1. The maximum Gasteiger partial charge on any atom is 0.129 e. The summed E-state index contributed by atoms with van der Waals surface area (Å²) in [6.45, 7) is 3.81. The van der Waals surface area contributed by atoms with E-state index in [1.165, 1.54) is 0 Å². The molecule has 0 aliphatic heterocycles. The van der Waals surface area contributed by atoms with E-state index in [2.05, 4.69) is 20.4 Å². The molecule has 0 bridgehead atoms. The molecule has 5 heteroatoms. The van der Waals surface area contributed by atoms with Crippen LogP contribution in [-0.2, 0) is 0 Å². The number of rotatable bonds is 3. The largest absolute Gasteiger partial charge is 0.497 e. The van der Waals surface area contributed by atoms with Gasteiger partial charge >= 0.3 is 0 Å². The Hall–Kier alpha value is -2.17. The Morgan fingerprint density at radius 2 is 1.82 bits per heavy atom. The van der Waals surface area contributed by atoms with E-state index >= 15 is 0 Å². The number of benzene rings is 1. The molecule has 0 radical (unpaired) electrons. The number of methoxy groups -OCH3 is 1. The van der Waals surface area contributed by atoms with Crippen LogP contribution in [0.4, 0.5) is 11.4 Å². The highest BCUT2D eigenvalue weighted by atomic mass is 16.5. The van der Waals surface area contributed by atoms with Crippen LogP contribution in [0.15, 0.2) is 34.5 Å². The van der Waals surface area contributed by atoms with E-state index in [0.29, 0.717) is 0 Å². The van der Waals surface area contributed by atoms with E-state index in [1.807, 2.05) is 38.1 Å². The predicted octanol–water partition coefficient (Wildman–Crippen LogP) is 3.45. The molecule has 0 fully saturated rings. The van der Waals surface area contributed by atoms with Crippen LogP contribution in [0.3, 0.4) is 0 Å². The topological polar surface area (TPSA) is 62.6 Å². The summed E-state index contributed by atoms with van der Waals surface area (Å²) in [4.78, 5) is 0. The van der Waals surface area contributed by atoms with E-state index in [4.69, 9.17) is 4.74 Å². The number of hydrogen-bond acceptors (Lipinski definition) is 4. The highest BCUT2D eigenvalue weighted by Gasteiger charge is 2.04. The molecule has 17 heavy (non-hydrogen) atoms. The van der Waals surface area contributed by atoms with Crippen molar-refractivity contribution >= 4 is 11.4 Å². The third kappa shape index (κ3) is 2.50. The minimum absolute atomic E-state index is 0.783. The maximum absolute atomic E-state index is 5.07. The van der Waals surface area contributed by atoms with Crippen molar-refractivity contribution in [2.45, 2.75) is 13.8 Å². The second-order valence-electron chi connectivity index (χ2n) is 3.68. The first-order valence-corrected chi connectivity index (χ1v) is 5.28. The summed E-state index contributed by atoms with van der Waals surface area (Å²) in [5, 5.41) is 15.3. The first kappa shape index (κ1) is 11.3. The van der Waals surface area contributed by atoms with Crippen LogP contribution >= 0.6 is 0 Å². The van der Waals surface area contributed by atoms with Gasteiger partial charge in [-0.1, -0.05) is 0 Å². The van der Waals surface area contributed by atoms with Crippen molar-refractivity contribution < 1.29 is 4.74 Å². The lowest BCUT2D eigenvalue weighted by molar-refractivity contribution is 0.415. The second-order valence-corrected chi connectivity index (χ2v) is 3.68. The molecule has 0 aliphatic rings. The first-order chi connectivity index (χ1) is 8.20. The van der Waals surface area contributed by atoms with E-state index in [-0.39, 0.29) is 0 Å². The zero-order chi connectivity index (χ0) is 12.3. The first-order valence-electron chi connectivity index (χ1n) is 5.28. The van der Waals surface area contributed by atoms with Gasteiger partial charge in [0.1, 0.15) is 11.4 Å². The molecule has 0 amide bonds. The Labute approximate surface area is 99.5 Å². The molecule has 1 heterocycles. The minimum Gasteiger partial charge on any atom is -0.497 e. The molecule has 2 aromatic rings. The highest BCUT2D eigenvalue weighted by molar-refractivity contribution is 5.46. The molecule has 0 spiro atoms. The molecule has 0 saturated carbocycles. The predicted molar refractivity (Wildman–Crippen MR) is 65.2 cm³/mol. The van der Waals surface area contributed by atoms with Crippen molar-refractivity contribution in [3.05, 3.63) is 35.7 Å². The van der Waals surface area contributed by atoms with E-state index < -0.39 is 0 Å². The van der Waals surface area contributed by atoms with Crippen molar-refractivity contribution in [2.24, 2.45) is 10.2 Å². The number of H-pyrrole nitrogens is 1. The third-order valence-corrected chi connectivity index (χ3v) is 2.43. The third-order valence-electron chi connectivity index (χ3n) is 2.43. The zero-order valence-corrected chi connectivity index (χ0v) is 10.1. The number of nitrogens with zero attached hydrogens (tertiary/aromatic N) is 3. The number of aryl methyl sites for hydroxylation is 2. The Bertz CT molecular complexity index is 508. The standard InChI is InChI=1S/C12H14N4O/c1-8-12(9(2)14-13-8)16-15-10-4-6-11(17-3)7-5-10/h4-7H,1-3H3,(H,13,14)/b16-15+. The van der Waals surface area contributed by atoms with Crippen LogP contribution in [0.5, 0.6) is 5.75 Å². The summed E-state index contributed by atoms with van der Waals surface area (Å²) in [7, 11) is 1.63. The average molecular weight is 230 g/mol. The van der Waals surface area contributed by atoms with E-state index in [1.54, 1.807) is 7.11 Å². The summed E-state index contributed by atoms with van der Waals surface area (Å²) in [5.74, 6) is 0.805. The number of nitrogens with one attached hydrogen (secondary N) is 1. The molecule has 88 valence electrons. The van der Waals surface area contributed by atoms with Gasteiger partial charge < -0.3 is 4.74 Å². The van der Waals surface area contributed by atoms with E-state index in [0.717, 1.165) is 28.5 Å². The van der Waals surface area contributed by atoms with Crippen molar-refractivity contribution in [1.82, 2.24) is 10.2 Å². The van der Waals surface area contributed by atoms with E-state index in [9.17, 15) is 0 Å². The second kappa shape index (κ2) is 4.78. The van der Waals surface area contributed by atoms with Crippen LogP contribution in [0.2, 0.25) is 0 Å². The molecular weight excluding hydrogens is 216 g/mol. The lowest BCUT2D eigenvalue weighted by Gasteiger charge is -1.98. The number of hydrogen-bond donors (Lipinski definition) is 1. The van der Waals surface area contributed by atoms with Gasteiger partial charge in [0.15, 0.2) is 0 Å². The molecule has 1 aromatic carbocycles. The van der Waals surface area contributed by atoms with Crippen molar-refractivity contribution in [3.63, 3.8) is 0 Å². The van der Waals surface area contributed by atoms with Gasteiger partial charge in [0.25, 0.3) is 0 Å². The lowest BCUT2D eigenvalue weighted by Crippen LogP contribution is -1.79. The summed E-state index contributed by atoms with van der Waals surface area (Å²) in [6, 6.07) is 7.41. The van der Waals surface area contributed by atoms with Crippen molar-refractivity contribution in [2.75, 3.05) is 7.11 Å².